The quantitative estimate of drug-likeness (QED) is 0.197. The van der Waals surface area contributed by atoms with Gasteiger partial charge in [-0.2, -0.15) is 0 Å². The Labute approximate surface area is 274 Å². The Morgan fingerprint density at radius 2 is 1.11 bits per heavy atom. The number of fused-ring (bicyclic) bond motifs is 5. The molecule has 0 N–H and O–H groups in total. The van der Waals surface area contributed by atoms with Crippen LogP contribution < -0.4 is 0 Å². The molecule has 9 rings (SSSR count). The van der Waals surface area contributed by atoms with Crippen molar-refractivity contribution >= 4 is 16.3 Å². The number of nitrogens with zero attached hydrogens (tertiary/aromatic N) is 3. The zero-order valence-electron chi connectivity index (χ0n) is 25.8. The van der Waals surface area contributed by atoms with Gasteiger partial charge in [-0.3, -0.25) is 0 Å². The Morgan fingerprint density at radius 3 is 1.79 bits per heavy atom. The molecule has 0 saturated heterocycles. The highest BCUT2D eigenvalue weighted by Gasteiger charge is 2.26. The van der Waals surface area contributed by atoms with Gasteiger partial charge in [0.25, 0.3) is 0 Å². The van der Waals surface area contributed by atoms with Crippen LogP contribution in [0, 0.1) is 0 Å². The van der Waals surface area contributed by atoms with Gasteiger partial charge in [-0.15, -0.1) is 0 Å². The molecule has 0 aliphatic heterocycles. The summed E-state index contributed by atoms with van der Waals surface area (Å²) in [6.07, 6.45) is 8.46. The molecule has 3 heteroatoms. The van der Waals surface area contributed by atoms with E-state index in [0.717, 1.165) is 29.8 Å². The summed E-state index contributed by atoms with van der Waals surface area (Å²) in [5.74, 6) is 2.22. The molecule has 222 valence electrons. The molecule has 6 aromatic carbocycles. The maximum Gasteiger partial charge on any atom is 0.163 e. The zero-order chi connectivity index (χ0) is 31.2. The highest BCUT2D eigenvalue weighted by atomic mass is 15.0. The van der Waals surface area contributed by atoms with Crippen molar-refractivity contribution in [2.75, 3.05) is 0 Å². The second-order valence-electron chi connectivity index (χ2n) is 12.4. The van der Waals surface area contributed by atoms with Crippen LogP contribution in [0.4, 0.5) is 0 Å². The Kier molecular flexibility index (Phi) is 6.68. The molecule has 0 fully saturated rings. The molecule has 3 nitrogen and oxygen atoms in total. The Morgan fingerprint density at radius 1 is 0.489 bits per heavy atom. The van der Waals surface area contributed by atoms with Crippen molar-refractivity contribution in [2.45, 2.75) is 18.8 Å². The monoisotopic (exact) mass is 601 g/mol. The first-order valence-electron chi connectivity index (χ1n) is 16.3. The van der Waals surface area contributed by atoms with Crippen LogP contribution in [0.25, 0.3) is 61.4 Å². The fraction of sp³-hybridized carbons (Fsp3) is 0.0682. The van der Waals surface area contributed by atoms with Crippen molar-refractivity contribution in [3.8, 4) is 45.0 Å². The predicted molar refractivity (Wildman–Crippen MR) is 193 cm³/mol. The van der Waals surface area contributed by atoms with E-state index in [-0.39, 0.29) is 5.92 Å². The maximum absolute atomic E-state index is 5.07. The molecular formula is C44H31N3. The first kappa shape index (κ1) is 27.4. The summed E-state index contributed by atoms with van der Waals surface area (Å²) in [7, 11) is 0. The largest absolute Gasteiger partial charge is 0.212 e. The molecule has 2 aliphatic rings. The molecule has 1 heterocycles. The Hall–Kier alpha value is -5.93. The first-order valence-corrected chi connectivity index (χ1v) is 16.3. The minimum atomic E-state index is 0.0203. The molecule has 0 saturated carbocycles. The molecule has 7 aromatic rings. The minimum Gasteiger partial charge on any atom is -0.212 e. The summed E-state index contributed by atoms with van der Waals surface area (Å²) < 4.78 is 0. The van der Waals surface area contributed by atoms with E-state index in [0.29, 0.717) is 11.6 Å². The molecule has 2 aliphatic carbocycles. The van der Waals surface area contributed by atoms with E-state index in [2.05, 4.69) is 121 Å². The van der Waals surface area contributed by atoms with Crippen molar-refractivity contribution in [3.63, 3.8) is 0 Å². The average Bonchev–Trinajstić information content (AvgIpc) is 3.53. The molecule has 1 atom stereocenters. The Bertz CT molecular complexity index is 2280. The molecule has 1 aromatic heterocycles. The lowest BCUT2D eigenvalue weighted by molar-refractivity contribution is 0.773. The van der Waals surface area contributed by atoms with Crippen molar-refractivity contribution in [3.05, 3.63) is 180 Å². The lowest BCUT2D eigenvalue weighted by Crippen LogP contribution is -2.09. The lowest BCUT2D eigenvalue weighted by Gasteiger charge is -2.21. The highest BCUT2D eigenvalue weighted by molar-refractivity contribution is 6.03. The van der Waals surface area contributed by atoms with Crippen molar-refractivity contribution < 1.29 is 0 Å². The predicted octanol–water partition coefficient (Wildman–Crippen LogP) is 10.7. The fourth-order valence-electron chi connectivity index (χ4n) is 7.16. The van der Waals surface area contributed by atoms with Gasteiger partial charge in [0.2, 0.25) is 0 Å². The highest BCUT2D eigenvalue weighted by Crippen LogP contribution is 2.46. The lowest BCUT2D eigenvalue weighted by atomic mass is 9.84. The fourth-order valence-corrected chi connectivity index (χ4v) is 7.16. The summed E-state index contributed by atoms with van der Waals surface area (Å²) in [5.41, 5.74) is 12.6. The van der Waals surface area contributed by atoms with Gasteiger partial charge >= 0.3 is 0 Å². The standard InChI is InChI=1S/C44H31N3/c1-4-13-29(14-5-1)32-23-24-34-27-40-37-22-11-10-21-36(37)39(28-41(40)38(34)26-32)33-19-12-20-35(25-33)44-46-42(30-15-6-2-7-16-30)45-43(47-44)31-17-8-3-9-18-31/h1-24,26,28,35H,25,27H2/t35-/m0/s1. The maximum atomic E-state index is 5.07. The van der Waals surface area contributed by atoms with E-state index in [1.54, 1.807) is 0 Å². The molecular weight excluding hydrogens is 571 g/mol. The second-order valence-corrected chi connectivity index (χ2v) is 12.4. The van der Waals surface area contributed by atoms with E-state index < -0.39 is 0 Å². The first-order chi connectivity index (χ1) is 23.3. The number of aromatic nitrogens is 3. The van der Waals surface area contributed by atoms with E-state index >= 15 is 0 Å². The van der Waals surface area contributed by atoms with Crippen molar-refractivity contribution in [2.24, 2.45) is 0 Å². The number of hydrogen-bond donors (Lipinski definition) is 0. The van der Waals surface area contributed by atoms with Crippen molar-refractivity contribution in [1.29, 1.82) is 0 Å². The zero-order valence-corrected chi connectivity index (χ0v) is 25.8. The summed E-state index contributed by atoms with van der Waals surface area (Å²) in [4.78, 5) is 15.1. The number of hydrogen-bond acceptors (Lipinski definition) is 3. The van der Waals surface area contributed by atoms with Gasteiger partial charge in [0.05, 0.1) is 0 Å². The SMILES string of the molecule is C1=C[C@H](c2nc(-c3ccccc3)nc(-c3ccccc3)n2)CC(c2cc3c(c4ccccc24)Cc2ccc(-c4ccccc4)cc2-3)=C1. The van der Waals surface area contributed by atoms with Gasteiger partial charge < -0.3 is 0 Å². The molecule has 0 bridgehead atoms. The van der Waals surface area contributed by atoms with Gasteiger partial charge in [-0.25, -0.2) is 15.0 Å². The van der Waals surface area contributed by atoms with Gasteiger partial charge in [0, 0.05) is 17.0 Å². The minimum absolute atomic E-state index is 0.0203. The van der Waals surface area contributed by atoms with Crippen LogP contribution in [-0.4, -0.2) is 15.0 Å². The van der Waals surface area contributed by atoms with Crippen LogP contribution >= 0.6 is 0 Å². The molecule has 0 unspecified atom stereocenters. The number of allylic oxidation sites excluding steroid dienone is 4. The second kappa shape index (κ2) is 11.5. The Balaban J connectivity index is 1.14. The summed E-state index contributed by atoms with van der Waals surface area (Å²) in [6.45, 7) is 0. The van der Waals surface area contributed by atoms with Crippen LogP contribution in [-0.2, 0) is 6.42 Å². The van der Waals surface area contributed by atoms with Gasteiger partial charge in [-0.1, -0.05) is 146 Å². The van der Waals surface area contributed by atoms with Crippen LogP contribution in [0.1, 0.15) is 34.9 Å². The van der Waals surface area contributed by atoms with Crippen LogP contribution in [0.5, 0.6) is 0 Å². The summed E-state index contributed by atoms with van der Waals surface area (Å²) >= 11 is 0. The number of rotatable bonds is 5. The van der Waals surface area contributed by atoms with E-state index in [4.69, 9.17) is 15.0 Å². The summed E-state index contributed by atoms with van der Waals surface area (Å²) in [6, 6.07) is 49.4. The van der Waals surface area contributed by atoms with Gasteiger partial charge in [0.15, 0.2) is 11.6 Å². The number of benzene rings is 6. The van der Waals surface area contributed by atoms with E-state index in [1.165, 1.54) is 55.3 Å². The molecule has 47 heavy (non-hydrogen) atoms. The molecule has 0 radical (unpaired) electrons. The normalized spacial score (nSPS) is 14.9. The van der Waals surface area contributed by atoms with Crippen LogP contribution in [0.3, 0.4) is 0 Å². The van der Waals surface area contributed by atoms with E-state index in [9.17, 15) is 0 Å². The van der Waals surface area contributed by atoms with Crippen molar-refractivity contribution in [1.82, 2.24) is 15.0 Å². The topological polar surface area (TPSA) is 38.7 Å². The summed E-state index contributed by atoms with van der Waals surface area (Å²) in [5, 5.41) is 2.63. The molecule has 0 spiro atoms. The average molecular weight is 602 g/mol. The smallest absolute Gasteiger partial charge is 0.163 e. The third-order valence-electron chi connectivity index (χ3n) is 9.51. The third kappa shape index (κ3) is 4.97. The van der Waals surface area contributed by atoms with Gasteiger partial charge in [0.1, 0.15) is 5.82 Å². The third-order valence-corrected chi connectivity index (χ3v) is 9.51. The van der Waals surface area contributed by atoms with Crippen LogP contribution in [0.2, 0.25) is 0 Å². The molecule has 0 amide bonds. The van der Waals surface area contributed by atoms with Crippen LogP contribution in [0.15, 0.2) is 158 Å². The van der Waals surface area contributed by atoms with Gasteiger partial charge in [-0.05, 0) is 80.3 Å². The van der Waals surface area contributed by atoms with E-state index in [1.807, 2.05) is 36.4 Å².